The molecule has 1 saturated heterocycles. The molecule has 0 spiro atoms. The fraction of sp³-hybridized carbons (Fsp3) is 0.579. The van der Waals surface area contributed by atoms with Gasteiger partial charge in [-0.1, -0.05) is 52.0 Å². The third-order valence-electron chi connectivity index (χ3n) is 4.94. The second-order valence-corrected chi connectivity index (χ2v) is 7.15. The molecular weight excluding hydrogens is 290 g/mol. The Labute approximate surface area is 138 Å². The van der Waals surface area contributed by atoms with Crippen molar-refractivity contribution < 1.29 is 14.7 Å². The molecule has 1 amide bonds. The van der Waals surface area contributed by atoms with Crippen LogP contribution in [-0.4, -0.2) is 35.0 Å². The van der Waals surface area contributed by atoms with E-state index < -0.39 is 11.9 Å². The van der Waals surface area contributed by atoms with Gasteiger partial charge < -0.3 is 10.0 Å². The second kappa shape index (κ2) is 7.16. The molecule has 0 radical (unpaired) electrons. The second-order valence-electron chi connectivity index (χ2n) is 7.15. The highest BCUT2D eigenvalue weighted by Crippen LogP contribution is 2.27. The van der Waals surface area contributed by atoms with E-state index in [9.17, 15) is 14.7 Å². The summed E-state index contributed by atoms with van der Waals surface area (Å²) in [5.74, 6) is -0.509. The molecular formula is C19H27NO3. The zero-order valence-corrected chi connectivity index (χ0v) is 14.5. The lowest BCUT2D eigenvalue weighted by molar-refractivity contribution is -0.142. The minimum absolute atomic E-state index is 0.0251. The van der Waals surface area contributed by atoms with Gasteiger partial charge in [0, 0.05) is 19.5 Å². The first-order valence-electron chi connectivity index (χ1n) is 8.40. The molecule has 0 aromatic heterocycles. The van der Waals surface area contributed by atoms with Crippen LogP contribution in [0, 0.1) is 11.8 Å². The van der Waals surface area contributed by atoms with Crippen molar-refractivity contribution in [3.8, 4) is 0 Å². The van der Waals surface area contributed by atoms with E-state index in [0.717, 1.165) is 5.56 Å². The Morgan fingerprint density at radius 1 is 1.13 bits per heavy atom. The van der Waals surface area contributed by atoms with Crippen molar-refractivity contribution in [1.82, 2.24) is 4.90 Å². The summed E-state index contributed by atoms with van der Waals surface area (Å²) >= 11 is 0. The molecule has 2 rings (SSSR count). The lowest BCUT2D eigenvalue weighted by Crippen LogP contribution is -2.30. The van der Waals surface area contributed by atoms with Gasteiger partial charge >= 0.3 is 5.97 Å². The molecule has 1 fully saturated rings. The molecule has 4 nitrogen and oxygen atoms in total. The molecule has 23 heavy (non-hydrogen) atoms. The Kier molecular flexibility index (Phi) is 5.45. The Hall–Kier alpha value is -1.84. The lowest BCUT2D eigenvalue weighted by Gasteiger charge is -2.19. The summed E-state index contributed by atoms with van der Waals surface area (Å²) in [4.78, 5) is 25.3. The number of hydrogen-bond donors (Lipinski definition) is 1. The van der Waals surface area contributed by atoms with E-state index in [4.69, 9.17) is 0 Å². The number of carbonyl (C=O) groups excluding carboxylic acids is 1. The SMILES string of the molecule is CC(C)c1ccc(C(C)CC(=O)N2C[C@@H](C)[C@H](C(=O)O)C2)cc1. The molecule has 1 N–H and O–H groups in total. The summed E-state index contributed by atoms with van der Waals surface area (Å²) in [6.45, 7) is 9.17. The zero-order chi connectivity index (χ0) is 17.1. The molecule has 1 heterocycles. The molecule has 1 aliphatic rings. The van der Waals surface area contributed by atoms with Crippen LogP contribution in [0.5, 0.6) is 0 Å². The van der Waals surface area contributed by atoms with Gasteiger partial charge in [0.05, 0.1) is 5.92 Å². The molecule has 1 aromatic carbocycles. The third-order valence-corrected chi connectivity index (χ3v) is 4.94. The van der Waals surface area contributed by atoms with Gasteiger partial charge in [0.15, 0.2) is 0 Å². The molecule has 4 heteroatoms. The highest BCUT2D eigenvalue weighted by molar-refractivity contribution is 5.79. The number of aliphatic carboxylic acids is 1. The molecule has 0 aliphatic carbocycles. The maximum atomic E-state index is 12.5. The average Bonchev–Trinajstić information content (AvgIpc) is 2.89. The Bertz CT molecular complexity index is 564. The van der Waals surface area contributed by atoms with Gasteiger partial charge in [-0.25, -0.2) is 0 Å². The number of carbonyl (C=O) groups is 2. The van der Waals surface area contributed by atoms with Crippen LogP contribution in [0.2, 0.25) is 0 Å². The van der Waals surface area contributed by atoms with Crippen LogP contribution in [0.4, 0.5) is 0 Å². The smallest absolute Gasteiger partial charge is 0.308 e. The summed E-state index contributed by atoms with van der Waals surface area (Å²) in [6.07, 6.45) is 0.431. The summed E-state index contributed by atoms with van der Waals surface area (Å²) in [7, 11) is 0. The van der Waals surface area contributed by atoms with Gasteiger partial charge in [0.25, 0.3) is 0 Å². The predicted octanol–water partition coefficient (Wildman–Crippen LogP) is 3.48. The predicted molar refractivity (Wildman–Crippen MR) is 90.4 cm³/mol. The molecule has 126 valence electrons. The zero-order valence-electron chi connectivity index (χ0n) is 14.5. The van der Waals surface area contributed by atoms with Gasteiger partial charge in [0.2, 0.25) is 5.91 Å². The van der Waals surface area contributed by atoms with Gasteiger partial charge in [-0.3, -0.25) is 9.59 Å². The third kappa shape index (κ3) is 4.12. The first-order valence-corrected chi connectivity index (χ1v) is 8.40. The van der Waals surface area contributed by atoms with Crippen molar-refractivity contribution in [2.75, 3.05) is 13.1 Å². The van der Waals surface area contributed by atoms with Crippen LogP contribution in [0.15, 0.2) is 24.3 Å². The summed E-state index contributed by atoms with van der Waals surface area (Å²) in [6, 6.07) is 8.44. The quantitative estimate of drug-likeness (QED) is 0.904. The van der Waals surface area contributed by atoms with Crippen molar-refractivity contribution in [3.63, 3.8) is 0 Å². The molecule has 0 bridgehead atoms. The standard InChI is InChI=1S/C19H27NO3/c1-12(2)15-5-7-16(8-6-15)13(3)9-18(21)20-10-14(4)17(11-20)19(22)23/h5-8,12-14,17H,9-11H2,1-4H3,(H,22,23)/t13?,14-,17-/m1/s1. The highest BCUT2D eigenvalue weighted by Gasteiger charge is 2.37. The highest BCUT2D eigenvalue weighted by atomic mass is 16.4. The summed E-state index contributed by atoms with van der Waals surface area (Å²) < 4.78 is 0. The van der Waals surface area contributed by atoms with Crippen molar-refractivity contribution in [2.45, 2.75) is 46.0 Å². The molecule has 3 atom stereocenters. The molecule has 0 saturated carbocycles. The van der Waals surface area contributed by atoms with Gasteiger partial charge in [-0.15, -0.1) is 0 Å². The van der Waals surface area contributed by atoms with Crippen LogP contribution < -0.4 is 0 Å². The first-order chi connectivity index (χ1) is 10.8. The monoisotopic (exact) mass is 317 g/mol. The average molecular weight is 317 g/mol. The Morgan fingerprint density at radius 3 is 2.17 bits per heavy atom. The number of rotatable bonds is 5. The number of carboxylic acid groups (broad SMARTS) is 1. The van der Waals surface area contributed by atoms with Crippen molar-refractivity contribution in [2.24, 2.45) is 11.8 Å². The number of amides is 1. The van der Waals surface area contributed by atoms with Gasteiger partial charge in [0.1, 0.15) is 0 Å². The minimum atomic E-state index is -0.801. The van der Waals surface area contributed by atoms with Crippen LogP contribution in [-0.2, 0) is 9.59 Å². The number of likely N-dealkylation sites (tertiary alicyclic amines) is 1. The van der Waals surface area contributed by atoms with E-state index in [1.807, 2.05) is 6.92 Å². The Balaban J connectivity index is 1.96. The summed E-state index contributed by atoms with van der Waals surface area (Å²) in [5.41, 5.74) is 2.45. The van der Waals surface area contributed by atoms with Crippen LogP contribution in [0.25, 0.3) is 0 Å². The van der Waals surface area contributed by atoms with Gasteiger partial charge in [-0.05, 0) is 28.9 Å². The number of benzene rings is 1. The maximum absolute atomic E-state index is 12.5. The van der Waals surface area contributed by atoms with E-state index in [2.05, 4.69) is 45.0 Å². The normalized spacial score (nSPS) is 22.4. The molecule has 1 unspecified atom stereocenters. The van der Waals surface area contributed by atoms with Gasteiger partial charge in [-0.2, -0.15) is 0 Å². The van der Waals surface area contributed by atoms with E-state index in [1.165, 1.54) is 5.56 Å². The van der Waals surface area contributed by atoms with E-state index in [0.29, 0.717) is 25.4 Å². The Morgan fingerprint density at radius 2 is 1.70 bits per heavy atom. The van der Waals surface area contributed by atoms with Crippen molar-refractivity contribution in [1.29, 1.82) is 0 Å². The molecule has 1 aromatic rings. The van der Waals surface area contributed by atoms with Crippen molar-refractivity contribution >= 4 is 11.9 Å². The maximum Gasteiger partial charge on any atom is 0.308 e. The fourth-order valence-electron chi connectivity index (χ4n) is 3.21. The molecule has 1 aliphatic heterocycles. The number of hydrogen-bond acceptors (Lipinski definition) is 2. The van der Waals surface area contributed by atoms with Crippen LogP contribution in [0.3, 0.4) is 0 Å². The minimum Gasteiger partial charge on any atom is -0.481 e. The topological polar surface area (TPSA) is 57.6 Å². The largest absolute Gasteiger partial charge is 0.481 e. The lowest BCUT2D eigenvalue weighted by atomic mass is 9.94. The fourth-order valence-corrected chi connectivity index (χ4v) is 3.21. The van der Waals surface area contributed by atoms with Crippen molar-refractivity contribution in [3.05, 3.63) is 35.4 Å². The summed E-state index contributed by atoms with van der Waals surface area (Å²) in [5, 5.41) is 9.18. The van der Waals surface area contributed by atoms with Crippen LogP contribution in [0.1, 0.15) is 57.1 Å². The van der Waals surface area contributed by atoms with E-state index in [-0.39, 0.29) is 17.7 Å². The van der Waals surface area contributed by atoms with Crippen LogP contribution >= 0.6 is 0 Å². The van der Waals surface area contributed by atoms with E-state index >= 15 is 0 Å². The first kappa shape index (κ1) is 17.5. The number of carboxylic acids is 1. The van der Waals surface area contributed by atoms with E-state index in [1.54, 1.807) is 4.90 Å². The number of nitrogens with zero attached hydrogens (tertiary/aromatic N) is 1.